The summed E-state index contributed by atoms with van der Waals surface area (Å²) in [5, 5.41) is 0. The largest absolute Gasteiger partial charge is 0.497 e. The highest BCUT2D eigenvalue weighted by atomic mass is 19.4. The van der Waals surface area contributed by atoms with E-state index in [0.29, 0.717) is 0 Å². The maximum Gasteiger partial charge on any atom is 0.497 e. The van der Waals surface area contributed by atoms with E-state index in [1.54, 1.807) is 46.7 Å². The zero-order chi connectivity index (χ0) is 18.3. The molecule has 0 radical (unpaired) electrons. The predicted octanol–water partition coefficient (Wildman–Crippen LogP) is 2.62. The zero-order valence-corrected chi connectivity index (χ0v) is 14.6. The molecular weight excluding hydrogens is 322 g/mol. The first-order chi connectivity index (χ1) is 10.8. The Hall–Kier alpha value is -1.61. The first-order valence-corrected chi connectivity index (χ1v) is 7.47. The van der Waals surface area contributed by atoms with Gasteiger partial charge in [0.1, 0.15) is 0 Å². The van der Waals surface area contributed by atoms with Crippen molar-refractivity contribution in [1.29, 1.82) is 0 Å². The molecule has 0 bridgehead atoms. The Morgan fingerprint density at radius 3 is 2.17 bits per heavy atom. The van der Waals surface area contributed by atoms with Crippen molar-refractivity contribution in [2.75, 3.05) is 14.1 Å². The standard InChI is InChI=1S/C15H21BF3N3O2/c1-13(2)14(3,4)24-16(23-13)11-8-20-12(21-9-22(5)6)7-10(11)15(17,18)19/h7-9H,1-6H3. The minimum Gasteiger partial charge on any atom is -0.399 e. The van der Waals surface area contributed by atoms with Crippen molar-refractivity contribution in [3.63, 3.8) is 0 Å². The van der Waals surface area contributed by atoms with E-state index < -0.39 is 30.1 Å². The summed E-state index contributed by atoms with van der Waals surface area (Å²) in [5.74, 6) is -0.0312. The third-order valence-electron chi connectivity index (χ3n) is 4.15. The molecular formula is C15H21BF3N3O2. The van der Waals surface area contributed by atoms with Gasteiger partial charge in [-0.05, 0) is 33.8 Å². The molecule has 0 amide bonds. The molecule has 9 heteroatoms. The van der Waals surface area contributed by atoms with Crippen LogP contribution in [0.2, 0.25) is 0 Å². The van der Waals surface area contributed by atoms with E-state index in [0.717, 1.165) is 12.3 Å². The summed E-state index contributed by atoms with van der Waals surface area (Å²) in [6.45, 7) is 7.12. The molecule has 2 rings (SSSR count). The smallest absolute Gasteiger partial charge is 0.399 e. The van der Waals surface area contributed by atoms with Gasteiger partial charge in [-0.2, -0.15) is 13.2 Å². The van der Waals surface area contributed by atoms with Crippen LogP contribution in [0.1, 0.15) is 33.3 Å². The van der Waals surface area contributed by atoms with Crippen LogP contribution in [-0.2, 0) is 15.5 Å². The van der Waals surface area contributed by atoms with Crippen molar-refractivity contribution in [1.82, 2.24) is 9.88 Å². The minimum atomic E-state index is -4.57. The number of aliphatic imine (C=N–C) groups is 1. The van der Waals surface area contributed by atoms with Crippen LogP contribution in [-0.4, -0.2) is 48.6 Å². The van der Waals surface area contributed by atoms with E-state index in [-0.39, 0.29) is 11.3 Å². The lowest BCUT2D eigenvalue weighted by molar-refractivity contribution is -0.136. The van der Waals surface area contributed by atoms with Gasteiger partial charge in [-0.15, -0.1) is 0 Å². The highest BCUT2D eigenvalue weighted by Crippen LogP contribution is 2.38. The fraction of sp³-hybridized carbons (Fsp3) is 0.600. The fourth-order valence-corrected chi connectivity index (χ4v) is 2.10. The molecule has 1 saturated heterocycles. The van der Waals surface area contributed by atoms with Crippen LogP contribution < -0.4 is 5.46 Å². The molecule has 0 aliphatic carbocycles. The second-order valence-corrected chi connectivity index (χ2v) is 6.92. The summed E-state index contributed by atoms with van der Waals surface area (Å²) >= 11 is 0. The quantitative estimate of drug-likeness (QED) is 0.481. The summed E-state index contributed by atoms with van der Waals surface area (Å²) in [7, 11) is 2.30. The van der Waals surface area contributed by atoms with Crippen LogP contribution >= 0.6 is 0 Å². The number of halogens is 3. The molecule has 5 nitrogen and oxygen atoms in total. The SMILES string of the molecule is CN(C)C=Nc1cc(C(F)(F)F)c(B2OC(C)(C)C(C)(C)O2)cn1. The first kappa shape index (κ1) is 18.7. The van der Waals surface area contributed by atoms with Gasteiger partial charge in [0.15, 0.2) is 5.82 Å². The van der Waals surface area contributed by atoms with Crippen LogP contribution in [0, 0.1) is 0 Å². The first-order valence-electron chi connectivity index (χ1n) is 7.47. The number of hydrogen-bond donors (Lipinski definition) is 0. The Balaban J connectivity index is 2.44. The number of nitrogens with zero attached hydrogens (tertiary/aromatic N) is 3. The van der Waals surface area contributed by atoms with E-state index in [9.17, 15) is 13.2 Å². The molecule has 132 valence electrons. The Morgan fingerprint density at radius 2 is 1.71 bits per heavy atom. The van der Waals surface area contributed by atoms with Gasteiger partial charge < -0.3 is 14.2 Å². The van der Waals surface area contributed by atoms with Crippen LogP contribution in [0.3, 0.4) is 0 Å². The van der Waals surface area contributed by atoms with Crippen molar-refractivity contribution in [3.05, 3.63) is 17.8 Å². The molecule has 2 heterocycles. The van der Waals surface area contributed by atoms with E-state index in [1.165, 1.54) is 6.34 Å². The molecule has 1 aromatic heterocycles. The Bertz CT molecular complexity index is 629. The zero-order valence-electron chi connectivity index (χ0n) is 14.6. The van der Waals surface area contributed by atoms with Crippen molar-refractivity contribution >= 4 is 24.7 Å². The average molecular weight is 343 g/mol. The summed E-state index contributed by atoms with van der Waals surface area (Å²) in [4.78, 5) is 9.50. The summed E-state index contributed by atoms with van der Waals surface area (Å²) in [6.07, 6.45) is -2.06. The maximum atomic E-state index is 13.5. The van der Waals surface area contributed by atoms with Crippen molar-refractivity contribution < 1.29 is 22.5 Å². The molecule has 0 saturated carbocycles. The number of rotatable bonds is 3. The lowest BCUT2D eigenvalue weighted by Crippen LogP contribution is -2.41. The fourth-order valence-electron chi connectivity index (χ4n) is 2.10. The lowest BCUT2D eigenvalue weighted by atomic mass is 9.77. The van der Waals surface area contributed by atoms with Crippen molar-refractivity contribution in [2.45, 2.75) is 45.1 Å². The molecule has 0 unspecified atom stereocenters. The van der Waals surface area contributed by atoms with Gasteiger partial charge in [0.05, 0.1) is 23.1 Å². The molecule has 1 aromatic rings. The molecule has 1 fully saturated rings. The highest BCUT2D eigenvalue weighted by Gasteiger charge is 2.53. The van der Waals surface area contributed by atoms with Crippen LogP contribution in [0.5, 0.6) is 0 Å². The monoisotopic (exact) mass is 343 g/mol. The average Bonchev–Trinajstić information content (AvgIpc) is 2.64. The lowest BCUT2D eigenvalue weighted by Gasteiger charge is -2.32. The Labute approximate surface area is 140 Å². The minimum absolute atomic E-state index is 0.0312. The molecule has 0 spiro atoms. The van der Waals surface area contributed by atoms with Crippen LogP contribution in [0.25, 0.3) is 0 Å². The number of pyridine rings is 1. The molecule has 0 aromatic carbocycles. The molecule has 0 N–H and O–H groups in total. The van der Waals surface area contributed by atoms with Gasteiger partial charge in [-0.25, -0.2) is 9.98 Å². The third kappa shape index (κ3) is 3.72. The Morgan fingerprint density at radius 1 is 1.17 bits per heavy atom. The van der Waals surface area contributed by atoms with Crippen LogP contribution in [0.4, 0.5) is 19.0 Å². The normalized spacial score (nSPS) is 20.0. The van der Waals surface area contributed by atoms with E-state index in [4.69, 9.17) is 9.31 Å². The molecule has 0 atom stereocenters. The number of aromatic nitrogens is 1. The highest BCUT2D eigenvalue weighted by molar-refractivity contribution is 6.62. The summed E-state index contributed by atoms with van der Waals surface area (Å²) in [6, 6.07) is 0.903. The number of hydrogen-bond acceptors (Lipinski definition) is 4. The molecule has 1 aliphatic rings. The third-order valence-corrected chi connectivity index (χ3v) is 4.15. The second-order valence-electron chi connectivity index (χ2n) is 6.92. The van der Waals surface area contributed by atoms with E-state index in [1.807, 2.05) is 0 Å². The molecule has 1 aliphatic heterocycles. The predicted molar refractivity (Wildman–Crippen MR) is 86.8 cm³/mol. The van der Waals surface area contributed by atoms with Gasteiger partial charge in [-0.3, -0.25) is 0 Å². The van der Waals surface area contributed by atoms with Gasteiger partial charge in [0.2, 0.25) is 0 Å². The van der Waals surface area contributed by atoms with Crippen molar-refractivity contribution in [2.24, 2.45) is 4.99 Å². The second kappa shape index (κ2) is 6.04. The van der Waals surface area contributed by atoms with E-state index in [2.05, 4.69) is 9.98 Å². The number of alkyl halides is 3. The van der Waals surface area contributed by atoms with Crippen LogP contribution in [0.15, 0.2) is 17.3 Å². The summed E-state index contributed by atoms with van der Waals surface area (Å²) in [5.41, 5.74) is -2.48. The molecule has 24 heavy (non-hydrogen) atoms. The summed E-state index contributed by atoms with van der Waals surface area (Å²) < 4.78 is 51.8. The van der Waals surface area contributed by atoms with E-state index >= 15 is 0 Å². The Kier molecular flexibility index (Phi) is 4.71. The maximum absolute atomic E-state index is 13.5. The van der Waals surface area contributed by atoms with Gasteiger partial charge in [0.25, 0.3) is 0 Å². The topological polar surface area (TPSA) is 47.0 Å². The van der Waals surface area contributed by atoms with Gasteiger partial charge in [-0.1, -0.05) is 0 Å². The van der Waals surface area contributed by atoms with Crippen molar-refractivity contribution in [3.8, 4) is 0 Å². The van der Waals surface area contributed by atoms with Gasteiger partial charge >= 0.3 is 13.3 Å². The van der Waals surface area contributed by atoms with Gasteiger partial charge in [0, 0.05) is 25.8 Å².